The molecule has 0 saturated carbocycles. The lowest BCUT2D eigenvalue weighted by atomic mass is 9.94. The highest BCUT2D eigenvalue weighted by Crippen LogP contribution is 2.30. The third-order valence-electron chi connectivity index (χ3n) is 5.25. The van der Waals surface area contributed by atoms with E-state index in [1.807, 2.05) is 36.9 Å². The molecule has 1 heterocycles. The van der Waals surface area contributed by atoms with Crippen molar-refractivity contribution < 1.29 is 9.32 Å². The first-order valence-corrected chi connectivity index (χ1v) is 14.5. The largest absolute Gasteiger partial charge is 0.341 e. The van der Waals surface area contributed by atoms with Gasteiger partial charge in [0.15, 0.2) is 0 Å². The summed E-state index contributed by atoms with van der Waals surface area (Å²) in [6.45, 7) is 3.77. The van der Waals surface area contributed by atoms with Crippen molar-refractivity contribution in [3.05, 3.63) is 77.9 Å². The normalized spacial score (nSPS) is 13.0. The van der Waals surface area contributed by atoms with Crippen LogP contribution in [0.5, 0.6) is 0 Å². The lowest BCUT2D eigenvalue weighted by molar-refractivity contribution is -0.108. The van der Waals surface area contributed by atoms with Crippen molar-refractivity contribution in [2.24, 2.45) is 0 Å². The van der Waals surface area contributed by atoms with Crippen molar-refractivity contribution in [1.82, 2.24) is 14.9 Å². The number of likely N-dealkylation sites (N-methyl/N-ethyl adjacent to an activating group) is 1. The van der Waals surface area contributed by atoms with E-state index in [4.69, 9.17) is 4.52 Å². The van der Waals surface area contributed by atoms with Gasteiger partial charge in [0, 0.05) is 36.8 Å². The Morgan fingerprint density at radius 2 is 1.88 bits per heavy atom. The molecule has 0 amide bonds. The van der Waals surface area contributed by atoms with Crippen LogP contribution in [-0.2, 0) is 15.9 Å². The number of aldehydes is 1. The van der Waals surface area contributed by atoms with Crippen LogP contribution < -0.4 is 5.32 Å². The molecule has 0 aliphatic heterocycles. The maximum atomic E-state index is 10.9. The number of rotatable bonds is 10. The molecule has 0 spiro atoms. The van der Waals surface area contributed by atoms with Crippen molar-refractivity contribution in [2.45, 2.75) is 31.9 Å². The Morgan fingerprint density at radius 3 is 2.50 bits per heavy atom. The maximum absolute atomic E-state index is 10.9. The van der Waals surface area contributed by atoms with Crippen LogP contribution in [0.3, 0.4) is 0 Å². The molecule has 7 heteroatoms. The summed E-state index contributed by atoms with van der Waals surface area (Å²) in [6.07, 6.45) is 5.19. The van der Waals surface area contributed by atoms with Gasteiger partial charge in [-0.15, -0.1) is 0 Å². The summed E-state index contributed by atoms with van der Waals surface area (Å²) in [5, 5.41) is 3.16. The van der Waals surface area contributed by atoms with Gasteiger partial charge in [-0.2, -0.15) is 0 Å². The number of nitrogens with zero attached hydrogens (tertiary/aromatic N) is 2. The van der Waals surface area contributed by atoms with E-state index in [0.29, 0.717) is 19.4 Å². The van der Waals surface area contributed by atoms with Crippen molar-refractivity contribution in [3.63, 3.8) is 0 Å². The summed E-state index contributed by atoms with van der Waals surface area (Å²) >= 11 is 2.22. The Morgan fingerprint density at radius 1 is 1.19 bits per heavy atom. The molecule has 0 saturated heterocycles. The van der Waals surface area contributed by atoms with Gasteiger partial charge in [-0.3, -0.25) is 0 Å². The monoisotopic (exact) mass is 559 g/mol. The van der Waals surface area contributed by atoms with Crippen LogP contribution in [0.15, 0.2) is 60.9 Å². The Labute approximate surface area is 204 Å². The van der Waals surface area contributed by atoms with Crippen LogP contribution in [0, 0.1) is 11.8 Å². The first-order valence-electron chi connectivity index (χ1n) is 10.5. The van der Waals surface area contributed by atoms with Gasteiger partial charge in [0.2, 0.25) is 0 Å². The van der Waals surface area contributed by atoms with Gasteiger partial charge in [-0.25, -0.2) is 4.98 Å². The molecular weight excluding hydrogens is 532 g/mol. The third kappa shape index (κ3) is 6.73. The van der Waals surface area contributed by atoms with E-state index in [9.17, 15) is 4.79 Å². The summed E-state index contributed by atoms with van der Waals surface area (Å²) in [5.74, 6) is 7.56. The Kier molecular flexibility index (Phi) is 9.89. The zero-order chi connectivity index (χ0) is 22.8. The van der Waals surface area contributed by atoms with Gasteiger partial charge < -0.3 is 19.2 Å². The molecular formula is C25H27IN3O2P. The molecule has 3 atom stereocenters. The minimum absolute atomic E-state index is 0.0420. The molecule has 0 bridgehead atoms. The molecule has 5 nitrogen and oxygen atoms in total. The van der Waals surface area contributed by atoms with E-state index in [0.717, 1.165) is 35.3 Å². The molecule has 0 radical (unpaired) electrons. The standard InChI is InChI=1S/C25H27IN3O2P/c1-19(31-32-26)25-28-14-16-29(25)15-3-4-20-5-7-21(8-6-20)22-9-11-23(12-10-22)24(13-17-30)18-27-2/h5-12,14,16-17,19,24,27,32H,13,15,18H2,1-2H3. The number of halogens is 1. The van der Waals surface area contributed by atoms with Gasteiger partial charge in [0.1, 0.15) is 18.2 Å². The molecule has 3 rings (SSSR count). The molecule has 2 aromatic carbocycles. The van der Waals surface area contributed by atoms with Crippen LogP contribution in [0.4, 0.5) is 0 Å². The second-order valence-corrected chi connectivity index (χ2v) is 9.12. The fraction of sp³-hybridized carbons (Fsp3) is 0.280. The van der Waals surface area contributed by atoms with Crippen LogP contribution in [-0.4, -0.2) is 29.4 Å². The molecule has 1 aromatic heterocycles. The van der Waals surface area contributed by atoms with E-state index in [1.54, 1.807) is 6.20 Å². The van der Waals surface area contributed by atoms with Crippen LogP contribution in [0.25, 0.3) is 11.1 Å². The van der Waals surface area contributed by atoms with Crippen LogP contribution in [0.1, 0.15) is 42.3 Å². The zero-order valence-electron chi connectivity index (χ0n) is 18.2. The highest BCUT2D eigenvalue weighted by molar-refractivity contribution is 14.2. The van der Waals surface area contributed by atoms with E-state index >= 15 is 0 Å². The number of aromatic nitrogens is 2. The summed E-state index contributed by atoms with van der Waals surface area (Å²) in [4.78, 5) is 15.3. The number of carbonyl (C=O) groups excluding carboxylic acids is 1. The Balaban J connectivity index is 1.65. The summed E-state index contributed by atoms with van der Waals surface area (Å²) in [7, 11) is 1.91. The molecule has 32 heavy (non-hydrogen) atoms. The first kappa shape index (κ1) is 24.6. The van der Waals surface area contributed by atoms with Gasteiger partial charge in [-0.05, 0) is 64.8 Å². The third-order valence-corrected chi connectivity index (χ3v) is 6.45. The molecule has 0 aliphatic rings. The molecule has 1 N–H and O–H groups in total. The minimum atomic E-state index is -0.0420. The highest BCUT2D eigenvalue weighted by Gasteiger charge is 2.12. The summed E-state index contributed by atoms with van der Waals surface area (Å²) < 4.78 is 7.68. The molecule has 0 fully saturated rings. The maximum Gasteiger partial charge on any atom is 0.138 e. The van der Waals surface area contributed by atoms with Crippen molar-refractivity contribution >= 4 is 34.8 Å². The molecule has 3 unspecified atom stereocenters. The van der Waals surface area contributed by atoms with Crippen molar-refractivity contribution in [1.29, 1.82) is 0 Å². The Hall–Kier alpha value is -2.04. The first-order chi connectivity index (χ1) is 15.7. The van der Waals surface area contributed by atoms with E-state index in [-0.39, 0.29) is 12.0 Å². The lowest BCUT2D eigenvalue weighted by Crippen LogP contribution is -2.17. The SMILES string of the molecule is CNCC(CC=O)c1ccc(-c2ccc(C#CCn3ccnc3C(C)OPI)cc2)cc1. The van der Waals surface area contributed by atoms with Gasteiger partial charge in [0.05, 0.1) is 13.0 Å². The van der Waals surface area contributed by atoms with Crippen molar-refractivity contribution in [3.8, 4) is 23.0 Å². The fourth-order valence-electron chi connectivity index (χ4n) is 3.55. The van der Waals surface area contributed by atoms with E-state index in [1.165, 1.54) is 5.56 Å². The Bertz CT molecular complexity index is 1060. The fourth-order valence-corrected chi connectivity index (χ4v) is 4.94. The molecule has 166 valence electrons. The predicted octanol–water partition coefficient (Wildman–Crippen LogP) is 5.51. The zero-order valence-corrected chi connectivity index (χ0v) is 21.4. The van der Waals surface area contributed by atoms with Gasteiger partial charge in [0.25, 0.3) is 0 Å². The quantitative estimate of drug-likeness (QED) is 0.154. The topological polar surface area (TPSA) is 56.2 Å². The number of hydrogen-bond donors (Lipinski definition) is 1. The van der Waals surface area contributed by atoms with E-state index in [2.05, 4.69) is 80.6 Å². The number of carbonyl (C=O) groups is 1. The number of benzene rings is 2. The lowest BCUT2D eigenvalue weighted by Gasteiger charge is -2.14. The van der Waals surface area contributed by atoms with Crippen LogP contribution >= 0.6 is 28.5 Å². The number of imidazole rings is 1. The number of nitrogens with one attached hydrogen (secondary N) is 1. The molecule has 0 aliphatic carbocycles. The number of hydrogen-bond acceptors (Lipinski definition) is 4. The van der Waals surface area contributed by atoms with Crippen molar-refractivity contribution in [2.75, 3.05) is 13.6 Å². The average molecular weight is 559 g/mol. The summed E-state index contributed by atoms with van der Waals surface area (Å²) in [6, 6.07) is 16.7. The highest BCUT2D eigenvalue weighted by atomic mass is 127. The smallest absolute Gasteiger partial charge is 0.138 e. The second-order valence-electron chi connectivity index (χ2n) is 7.41. The summed E-state index contributed by atoms with van der Waals surface area (Å²) in [5.41, 5.74) is 4.45. The van der Waals surface area contributed by atoms with Crippen LogP contribution in [0.2, 0.25) is 0 Å². The minimum Gasteiger partial charge on any atom is -0.341 e. The average Bonchev–Trinajstić information content (AvgIpc) is 3.28. The predicted molar refractivity (Wildman–Crippen MR) is 140 cm³/mol. The van der Waals surface area contributed by atoms with Gasteiger partial charge >= 0.3 is 0 Å². The van der Waals surface area contributed by atoms with E-state index < -0.39 is 0 Å². The second kappa shape index (κ2) is 12.9. The van der Waals surface area contributed by atoms with Gasteiger partial charge in [-0.1, -0.05) is 48.2 Å². The molecule has 3 aromatic rings.